The summed E-state index contributed by atoms with van der Waals surface area (Å²) in [4.78, 5) is 35.2. The second kappa shape index (κ2) is 10.3. The molecule has 0 radical (unpaired) electrons. The normalized spacial score (nSPS) is 11.9. The van der Waals surface area contributed by atoms with Crippen LogP contribution < -0.4 is 5.32 Å². The van der Waals surface area contributed by atoms with E-state index in [0.29, 0.717) is 51.1 Å². The largest absolute Gasteiger partial charge is 0.463 e. The fourth-order valence-corrected chi connectivity index (χ4v) is 4.00. The number of benzene rings is 2. The van der Waals surface area contributed by atoms with Crippen molar-refractivity contribution in [3.05, 3.63) is 89.3 Å². The predicted octanol–water partition coefficient (Wildman–Crippen LogP) is 6.69. The summed E-state index contributed by atoms with van der Waals surface area (Å²) in [6, 6.07) is 17.1. The average Bonchev–Trinajstić information content (AvgIpc) is 3.63. The van der Waals surface area contributed by atoms with Crippen LogP contribution in [0.25, 0.3) is 33.9 Å². The lowest BCUT2D eigenvalue weighted by molar-refractivity contribution is -0.124. The van der Waals surface area contributed by atoms with E-state index in [1.807, 2.05) is 0 Å². The summed E-state index contributed by atoms with van der Waals surface area (Å²) < 4.78 is 16.7. The lowest BCUT2D eigenvalue weighted by Gasteiger charge is -2.17. The number of nitrogens with one attached hydrogen (secondary N) is 1. The Kier molecular flexibility index (Phi) is 6.74. The van der Waals surface area contributed by atoms with Gasteiger partial charge >= 0.3 is 5.97 Å². The third kappa shape index (κ3) is 4.96. The number of aromatic nitrogens is 2. The van der Waals surface area contributed by atoms with Crippen LogP contribution in [-0.2, 0) is 9.53 Å². The second-order valence-electron chi connectivity index (χ2n) is 8.28. The maximum absolute atomic E-state index is 13.0. The summed E-state index contributed by atoms with van der Waals surface area (Å²) in [6.07, 6.45) is 2.40. The van der Waals surface area contributed by atoms with Crippen molar-refractivity contribution in [3.63, 3.8) is 0 Å². The van der Waals surface area contributed by atoms with E-state index in [1.165, 1.54) is 0 Å². The van der Waals surface area contributed by atoms with Gasteiger partial charge in [0.15, 0.2) is 17.6 Å². The lowest BCUT2D eigenvalue weighted by atomic mass is 10.1. The molecule has 0 fully saturated rings. The molecule has 0 saturated heterocycles. The molecule has 0 aliphatic rings. The highest BCUT2D eigenvalue weighted by Crippen LogP contribution is 2.32. The molecule has 37 heavy (non-hydrogen) atoms. The number of rotatable bonds is 7. The van der Waals surface area contributed by atoms with Crippen molar-refractivity contribution in [2.45, 2.75) is 26.4 Å². The minimum atomic E-state index is -0.993. The average molecular weight is 516 g/mol. The SMILES string of the molecule is CCC(OC(=O)c1ccc2nc(-c3ccco3)c(-c3ccco3)nc2c1)C(=O)Nc1cccc(Cl)c1C. The van der Waals surface area contributed by atoms with Gasteiger partial charge in [-0.05, 0) is 73.5 Å². The smallest absolute Gasteiger partial charge is 0.338 e. The number of hydrogen-bond acceptors (Lipinski definition) is 7. The summed E-state index contributed by atoms with van der Waals surface area (Å²) in [5.41, 5.74) is 3.53. The standard InChI is InChI=1S/C28H22ClN3O5/c1-3-22(27(33)32-19-8-4-7-18(29)16(19)2)37-28(34)17-11-12-20-21(15-17)31-26(24-10-6-14-36-24)25(30-20)23-9-5-13-35-23/h4-15,22H,3H2,1-2H3,(H,32,33). The zero-order valence-electron chi connectivity index (χ0n) is 20.0. The number of fused-ring (bicyclic) bond motifs is 1. The van der Waals surface area contributed by atoms with Gasteiger partial charge in [0.25, 0.3) is 5.91 Å². The van der Waals surface area contributed by atoms with Gasteiger partial charge in [-0.25, -0.2) is 14.8 Å². The fourth-order valence-electron chi connectivity index (χ4n) is 3.83. The van der Waals surface area contributed by atoms with Gasteiger partial charge in [0, 0.05) is 10.7 Å². The predicted molar refractivity (Wildman–Crippen MR) is 139 cm³/mol. The molecule has 1 unspecified atom stereocenters. The zero-order valence-corrected chi connectivity index (χ0v) is 20.8. The zero-order chi connectivity index (χ0) is 25.9. The van der Waals surface area contributed by atoms with Crippen LogP contribution >= 0.6 is 11.6 Å². The number of nitrogens with zero attached hydrogens (tertiary/aromatic N) is 2. The molecule has 0 saturated carbocycles. The summed E-state index contributed by atoms with van der Waals surface area (Å²) >= 11 is 6.15. The third-order valence-electron chi connectivity index (χ3n) is 5.85. The minimum absolute atomic E-state index is 0.239. The van der Waals surface area contributed by atoms with Crippen LogP contribution in [0.15, 0.2) is 82.0 Å². The third-order valence-corrected chi connectivity index (χ3v) is 6.26. The van der Waals surface area contributed by atoms with Crippen molar-refractivity contribution >= 4 is 40.2 Å². The number of amides is 1. The van der Waals surface area contributed by atoms with Crippen LogP contribution in [0, 0.1) is 6.92 Å². The van der Waals surface area contributed by atoms with E-state index in [0.717, 1.165) is 5.56 Å². The van der Waals surface area contributed by atoms with E-state index in [9.17, 15) is 9.59 Å². The molecule has 3 heterocycles. The summed E-state index contributed by atoms with van der Waals surface area (Å²) in [6.45, 7) is 3.56. The molecule has 0 bridgehead atoms. The number of anilines is 1. The molecular weight excluding hydrogens is 494 g/mol. The molecular formula is C28H22ClN3O5. The van der Waals surface area contributed by atoms with Crippen LogP contribution in [-0.4, -0.2) is 27.9 Å². The van der Waals surface area contributed by atoms with Gasteiger partial charge in [0.05, 0.1) is 29.1 Å². The molecule has 5 aromatic rings. The molecule has 8 nitrogen and oxygen atoms in total. The first kappa shape index (κ1) is 24.3. The lowest BCUT2D eigenvalue weighted by Crippen LogP contribution is -2.32. The molecule has 0 spiro atoms. The number of hydrogen-bond donors (Lipinski definition) is 1. The number of esters is 1. The second-order valence-corrected chi connectivity index (χ2v) is 8.69. The summed E-state index contributed by atoms with van der Waals surface area (Å²) in [7, 11) is 0. The van der Waals surface area contributed by atoms with E-state index in [-0.39, 0.29) is 5.56 Å². The Balaban J connectivity index is 1.42. The maximum atomic E-state index is 13.0. The number of carbonyl (C=O) groups is 2. The van der Waals surface area contributed by atoms with Crippen LogP contribution in [0.3, 0.4) is 0 Å². The Labute approximate surface area is 217 Å². The van der Waals surface area contributed by atoms with E-state index in [2.05, 4.69) is 5.32 Å². The summed E-state index contributed by atoms with van der Waals surface area (Å²) in [5.74, 6) is -0.0444. The van der Waals surface area contributed by atoms with E-state index in [1.54, 1.807) is 87.0 Å². The topological polar surface area (TPSA) is 107 Å². The van der Waals surface area contributed by atoms with Crippen LogP contribution in [0.2, 0.25) is 5.02 Å². The number of ether oxygens (including phenoxy) is 1. The van der Waals surface area contributed by atoms with Crippen molar-refractivity contribution in [3.8, 4) is 22.9 Å². The monoisotopic (exact) mass is 515 g/mol. The van der Waals surface area contributed by atoms with Gasteiger partial charge in [0.2, 0.25) is 0 Å². The molecule has 0 aliphatic heterocycles. The first-order valence-electron chi connectivity index (χ1n) is 11.6. The van der Waals surface area contributed by atoms with Crippen molar-refractivity contribution < 1.29 is 23.2 Å². The Morgan fingerprint density at radius 3 is 2.24 bits per heavy atom. The van der Waals surface area contributed by atoms with Crippen molar-refractivity contribution in [1.29, 1.82) is 0 Å². The summed E-state index contributed by atoms with van der Waals surface area (Å²) in [5, 5.41) is 3.32. The van der Waals surface area contributed by atoms with Crippen molar-refractivity contribution in [2.75, 3.05) is 5.32 Å². The Hall–Kier alpha value is -4.43. The molecule has 2 aromatic carbocycles. The first-order valence-corrected chi connectivity index (χ1v) is 12.0. The highest BCUT2D eigenvalue weighted by atomic mass is 35.5. The molecule has 1 atom stereocenters. The van der Waals surface area contributed by atoms with Crippen molar-refractivity contribution in [2.24, 2.45) is 0 Å². The highest BCUT2D eigenvalue weighted by molar-refractivity contribution is 6.31. The quantitative estimate of drug-likeness (QED) is 0.241. The van der Waals surface area contributed by atoms with Crippen LogP contribution in [0.1, 0.15) is 29.3 Å². The Morgan fingerprint density at radius 2 is 1.62 bits per heavy atom. The molecule has 186 valence electrons. The number of carbonyl (C=O) groups excluding carboxylic acids is 2. The molecule has 0 aliphatic carbocycles. The molecule has 9 heteroatoms. The Bertz CT molecular complexity index is 1580. The molecule has 5 rings (SSSR count). The minimum Gasteiger partial charge on any atom is -0.463 e. The van der Waals surface area contributed by atoms with Gasteiger partial charge in [-0.1, -0.05) is 24.6 Å². The van der Waals surface area contributed by atoms with Crippen molar-refractivity contribution in [1.82, 2.24) is 9.97 Å². The van der Waals surface area contributed by atoms with E-state index >= 15 is 0 Å². The molecule has 1 amide bonds. The van der Waals surface area contributed by atoms with Gasteiger partial charge in [-0.2, -0.15) is 0 Å². The fraction of sp³-hybridized carbons (Fsp3) is 0.143. The van der Waals surface area contributed by atoms with Crippen LogP contribution in [0.4, 0.5) is 5.69 Å². The first-order chi connectivity index (χ1) is 17.9. The highest BCUT2D eigenvalue weighted by Gasteiger charge is 2.24. The van der Waals surface area contributed by atoms with E-state index in [4.69, 9.17) is 35.1 Å². The number of halogens is 1. The molecule has 3 aromatic heterocycles. The van der Waals surface area contributed by atoms with Gasteiger partial charge in [0.1, 0.15) is 11.4 Å². The Morgan fingerprint density at radius 1 is 0.946 bits per heavy atom. The maximum Gasteiger partial charge on any atom is 0.338 e. The van der Waals surface area contributed by atoms with Gasteiger partial charge in [-0.3, -0.25) is 4.79 Å². The van der Waals surface area contributed by atoms with Crippen LogP contribution in [0.5, 0.6) is 0 Å². The van der Waals surface area contributed by atoms with Gasteiger partial charge < -0.3 is 18.9 Å². The van der Waals surface area contributed by atoms with E-state index < -0.39 is 18.0 Å². The van der Waals surface area contributed by atoms with Gasteiger partial charge in [-0.15, -0.1) is 0 Å². The number of furan rings is 2. The molecule has 1 N–H and O–H groups in total.